The maximum atomic E-state index is 12.4. The molecule has 0 bridgehead atoms. The largest absolute Gasteiger partial charge is 0.339 e. The van der Waals surface area contributed by atoms with Crippen molar-refractivity contribution in [3.05, 3.63) is 27.7 Å². The molecule has 1 amide bonds. The molecule has 0 saturated carbocycles. The van der Waals surface area contributed by atoms with Crippen molar-refractivity contribution in [3.63, 3.8) is 0 Å². The Balaban J connectivity index is 2.52. The van der Waals surface area contributed by atoms with E-state index in [9.17, 15) is 13.2 Å². The topological polar surface area (TPSA) is 80.5 Å². The monoisotopic (exact) mass is 346 g/mol. The van der Waals surface area contributed by atoms with Crippen LogP contribution in [-0.4, -0.2) is 32.3 Å². The number of carbonyl (C=O) groups excluding carboxylic acids is 1. The molecule has 104 valence electrons. The second-order valence-corrected chi connectivity index (χ2v) is 7.07. The molecule has 5 nitrogen and oxygen atoms in total. The zero-order valence-electron chi connectivity index (χ0n) is 10.5. The third-order valence-electron chi connectivity index (χ3n) is 3.26. The highest BCUT2D eigenvalue weighted by molar-refractivity contribution is 9.10. The van der Waals surface area contributed by atoms with Crippen molar-refractivity contribution in [1.29, 1.82) is 0 Å². The lowest BCUT2D eigenvalue weighted by Crippen LogP contribution is -2.29. The van der Waals surface area contributed by atoms with E-state index in [2.05, 4.69) is 15.9 Å². The fourth-order valence-electron chi connectivity index (χ4n) is 2.26. The fraction of sp³-hybridized carbons (Fsp3) is 0.417. The SMILES string of the molecule is Cc1c(C(=O)N2CCCC2)cc(Br)cc1S(N)(=O)=O. The van der Waals surface area contributed by atoms with Crippen molar-refractivity contribution in [1.82, 2.24) is 4.90 Å². The normalized spacial score (nSPS) is 15.8. The number of sulfonamides is 1. The van der Waals surface area contributed by atoms with Crippen LogP contribution in [0.3, 0.4) is 0 Å². The maximum Gasteiger partial charge on any atom is 0.254 e. The number of rotatable bonds is 2. The van der Waals surface area contributed by atoms with E-state index in [-0.39, 0.29) is 10.8 Å². The Kier molecular flexibility index (Phi) is 3.98. The van der Waals surface area contributed by atoms with Crippen LogP contribution in [0.5, 0.6) is 0 Å². The molecular weight excluding hydrogens is 332 g/mol. The number of amides is 1. The number of benzene rings is 1. The van der Waals surface area contributed by atoms with E-state index < -0.39 is 10.0 Å². The first-order valence-electron chi connectivity index (χ1n) is 5.93. The molecule has 19 heavy (non-hydrogen) atoms. The molecule has 2 rings (SSSR count). The van der Waals surface area contributed by atoms with Gasteiger partial charge in [0.2, 0.25) is 10.0 Å². The number of nitrogens with zero attached hydrogens (tertiary/aromatic N) is 1. The van der Waals surface area contributed by atoms with Gasteiger partial charge in [-0.05, 0) is 37.5 Å². The fourth-order valence-corrected chi connectivity index (χ4v) is 3.70. The van der Waals surface area contributed by atoms with Crippen LogP contribution < -0.4 is 5.14 Å². The Morgan fingerprint density at radius 3 is 2.42 bits per heavy atom. The molecule has 0 aromatic heterocycles. The van der Waals surface area contributed by atoms with E-state index >= 15 is 0 Å². The summed E-state index contributed by atoms with van der Waals surface area (Å²) in [6.45, 7) is 3.04. The molecule has 1 aromatic rings. The second kappa shape index (κ2) is 5.22. The molecule has 0 atom stereocenters. The minimum Gasteiger partial charge on any atom is -0.339 e. The van der Waals surface area contributed by atoms with Crippen molar-refractivity contribution in [2.45, 2.75) is 24.7 Å². The van der Waals surface area contributed by atoms with Crippen LogP contribution >= 0.6 is 15.9 Å². The summed E-state index contributed by atoms with van der Waals surface area (Å²) in [4.78, 5) is 14.1. The van der Waals surface area contributed by atoms with E-state index in [4.69, 9.17) is 5.14 Å². The average Bonchev–Trinajstić information content (AvgIpc) is 2.83. The van der Waals surface area contributed by atoms with Crippen LogP contribution in [0.4, 0.5) is 0 Å². The van der Waals surface area contributed by atoms with Crippen LogP contribution in [0, 0.1) is 6.92 Å². The minimum atomic E-state index is -3.84. The standard InChI is InChI=1S/C12H15BrN2O3S/c1-8-10(12(16)15-4-2-3-5-15)6-9(13)7-11(8)19(14,17)18/h6-7H,2-5H2,1H3,(H2,14,17,18). The van der Waals surface area contributed by atoms with Crippen LogP contribution in [0.25, 0.3) is 0 Å². The molecule has 0 radical (unpaired) electrons. The van der Waals surface area contributed by atoms with Crippen molar-refractivity contribution >= 4 is 31.9 Å². The van der Waals surface area contributed by atoms with Gasteiger partial charge >= 0.3 is 0 Å². The van der Waals surface area contributed by atoms with Gasteiger partial charge in [-0.1, -0.05) is 15.9 Å². The summed E-state index contributed by atoms with van der Waals surface area (Å²) < 4.78 is 23.6. The summed E-state index contributed by atoms with van der Waals surface area (Å²) in [7, 11) is -3.84. The summed E-state index contributed by atoms with van der Waals surface area (Å²) >= 11 is 3.23. The number of primary sulfonamides is 1. The molecule has 1 aromatic carbocycles. The molecule has 0 aliphatic carbocycles. The Labute approximate surface area is 121 Å². The number of nitrogens with two attached hydrogens (primary N) is 1. The average molecular weight is 347 g/mol. The molecule has 1 aliphatic rings. The zero-order chi connectivity index (χ0) is 14.2. The molecule has 0 spiro atoms. The van der Waals surface area contributed by atoms with Crippen molar-refractivity contribution < 1.29 is 13.2 Å². The summed E-state index contributed by atoms with van der Waals surface area (Å²) in [5.74, 6) is -0.138. The van der Waals surface area contributed by atoms with Gasteiger partial charge in [-0.25, -0.2) is 13.6 Å². The highest BCUT2D eigenvalue weighted by atomic mass is 79.9. The number of hydrogen-bond acceptors (Lipinski definition) is 3. The van der Waals surface area contributed by atoms with E-state index in [1.165, 1.54) is 6.07 Å². The molecule has 1 heterocycles. The first-order chi connectivity index (χ1) is 8.80. The van der Waals surface area contributed by atoms with Crippen LogP contribution in [0.1, 0.15) is 28.8 Å². The minimum absolute atomic E-state index is 0.00979. The van der Waals surface area contributed by atoms with Crippen LogP contribution in [0.15, 0.2) is 21.5 Å². The molecule has 1 aliphatic heterocycles. The molecule has 2 N–H and O–H groups in total. The molecule has 0 unspecified atom stereocenters. The number of halogens is 1. The van der Waals surface area contributed by atoms with Crippen LogP contribution in [0.2, 0.25) is 0 Å². The molecule has 7 heteroatoms. The van der Waals surface area contributed by atoms with Gasteiger partial charge in [0.15, 0.2) is 0 Å². The summed E-state index contributed by atoms with van der Waals surface area (Å²) in [6.07, 6.45) is 1.97. The highest BCUT2D eigenvalue weighted by Crippen LogP contribution is 2.26. The zero-order valence-corrected chi connectivity index (χ0v) is 12.9. The molecule has 1 fully saturated rings. The number of carbonyl (C=O) groups is 1. The van der Waals surface area contributed by atoms with E-state index in [0.29, 0.717) is 15.6 Å². The maximum absolute atomic E-state index is 12.4. The molecule has 1 saturated heterocycles. The van der Waals surface area contributed by atoms with Crippen molar-refractivity contribution in [3.8, 4) is 0 Å². The third kappa shape index (κ3) is 2.98. The quantitative estimate of drug-likeness (QED) is 0.883. The van der Waals surface area contributed by atoms with Gasteiger partial charge in [-0.2, -0.15) is 0 Å². The first-order valence-corrected chi connectivity index (χ1v) is 8.27. The smallest absolute Gasteiger partial charge is 0.254 e. The van der Waals surface area contributed by atoms with E-state index in [1.807, 2.05) is 0 Å². The summed E-state index contributed by atoms with van der Waals surface area (Å²) in [5, 5.41) is 5.18. The van der Waals surface area contributed by atoms with E-state index in [1.54, 1.807) is 17.9 Å². The summed E-state index contributed by atoms with van der Waals surface area (Å²) in [5.41, 5.74) is 0.794. The Morgan fingerprint density at radius 2 is 1.89 bits per heavy atom. The van der Waals surface area contributed by atoms with E-state index in [0.717, 1.165) is 25.9 Å². The van der Waals surface area contributed by atoms with Gasteiger partial charge in [-0.15, -0.1) is 0 Å². The molecular formula is C12H15BrN2O3S. The number of likely N-dealkylation sites (tertiary alicyclic amines) is 1. The lowest BCUT2D eigenvalue weighted by molar-refractivity contribution is 0.0791. The van der Waals surface area contributed by atoms with Crippen molar-refractivity contribution in [2.24, 2.45) is 5.14 Å². The van der Waals surface area contributed by atoms with Crippen LogP contribution in [-0.2, 0) is 10.0 Å². The van der Waals surface area contributed by atoms with Gasteiger partial charge in [0.05, 0.1) is 4.90 Å². The first kappa shape index (κ1) is 14.5. The van der Waals surface area contributed by atoms with Gasteiger partial charge in [-0.3, -0.25) is 4.79 Å². The third-order valence-corrected chi connectivity index (χ3v) is 4.75. The Hall–Kier alpha value is -0.920. The Bertz CT molecular complexity index is 622. The highest BCUT2D eigenvalue weighted by Gasteiger charge is 2.24. The van der Waals surface area contributed by atoms with Gasteiger partial charge < -0.3 is 4.90 Å². The summed E-state index contributed by atoms with van der Waals surface area (Å²) in [6, 6.07) is 3.07. The lowest BCUT2D eigenvalue weighted by Gasteiger charge is -2.18. The van der Waals surface area contributed by atoms with Crippen molar-refractivity contribution in [2.75, 3.05) is 13.1 Å². The second-order valence-electron chi connectivity index (χ2n) is 4.62. The van der Waals surface area contributed by atoms with Gasteiger partial charge in [0.25, 0.3) is 5.91 Å². The predicted octanol–water partition coefficient (Wildman–Crippen LogP) is 1.64. The number of hydrogen-bond donors (Lipinski definition) is 1. The van der Waals surface area contributed by atoms with Gasteiger partial charge in [0.1, 0.15) is 0 Å². The lowest BCUT2D eigenvalue weighted by atomic mass is 10.1. The Morgan fingerprint density at radius 1 is 1.32 bits per heavy atom. The predicted molar refractivity (Wildman–Crippen MR) is 75.4 cm³/mol. The van der Waals surface area contributed by atoms with Gasteiger partial charge in [0, 0.05) is 23.1 Å².